The van der Waals surface area contributed by atoms with Crippen LogP contribution < -0.4 is 5.32 Å². The summed E-state index contributed by atoms with van der Waals surface area (Å²) in [6.45, 7) is 2.25. The molecule has 1 aromatic carbocycles. The van der Waals surface area contributed by atoms with E-state index in [1.54, 1.807) is 24.3 Å². The van der Waals surface area contributed by atoms with Gasteiger partial charge >= 0.3 is 5.97 Å². The molecule has 1 atom stereocenters. The molecule has 110 valence electrons. The van der Waals surface area contributed by atoms with Crippen LogP contribution in [0.3, 0.4) is 0 Å². The second-order valence-electron chi connectivity index (χ2n) is 4.51. The number of hydrogen-bond acceptors (Lipinski definition) is 4. The molecule has 1 rings (SSSR count). The molecule has 2 N–H and O–H groups in total. The second kappa shape index (κ2) is 8.32. The molecule has 0 saturated carbocycles. The van der Waals surface area contributed by atoms with Crippen LogP contribution in [0.1, 0.15) is 48.2 Å². The Balaban J connectivity index is 2.51. The van der Waals surface area contributed by atoms with Crippen LogP contribution in [-0.4, -0.2) is 30.6 Å². The van der Waals surface area contributed by atoms with Crippen molar-refractivity contribution in [3.8, 4) is 0 Å². The van der Waals surface area contributed by atoms with E-state index in [-0.39, 0.29) is 24.8 Å². The summed E-state index contributed by atoms with van der Waals surface area (Å²) in [5.41, 5.74) is 1.31. The molecule has 0 radical (unpaired) electrons. The molecule has 0 saturated heterocycles. The Bertz CT molecular complexity index is 442. The lowest BCUT2D eigenvalue weighted by molar-refractivity contribution is -0.140. The van der Waals surface area contributed by atoms with E-state index in [2.05, 4.69) is 10.1 Å². The molecule has 1 amide bonds. The van der Waals surface area contributed by atoms with Gasteiger partial charge in [-0.15, -0.1) is 0 Å². The molecule has 0 fully saturated rings. The number of hydrogen-bond donors (Lipinski definition) is 2. The zero-order chi connectivity index (χ0) is 15.0. The summed E-state index contributed by atoms with van der Waals surface area (Å²) in [4.78, 5) is 22.7. The predicted octanol–water partition coefficient (Wildman–Crippen LogP) is 1.81. The van der Waals surface area contributed by atoms with Crippen molar-refractivity contribution in [2.75, 3.05) is 13.7 Å². The first kappa shape index (κ1) is 16.2. The van der Waals surface area contributed by atoms with Gasteiger partial charge in [0.05, 0.1) is 19.6 Å². The molecule has 5 heteroatoms. The van der Waals surface area contributed by atoms with E-state index < -0.39 is 6.10 Å². The number of carbonyl (C=O) groups is 2. The average molecular weight is 279 g/mol. The van der Waals surface area contributed by atoms with Crippen LogP contribution in [0.25, 0.3) is 0 Å². The minimum Gasteiger partial charge on any atom is -0.469 e. The number of nitrogens with one attached hydrogen (secondary N) is 1. The van der Waals surface area contributed by atoms with E-state index in [0.29, 0.717) is 12.0 Å². The third-order valence-corrected chi connectivity index (χ3v) is 2.96. The number of ether oxygens (including phenoxy) is 1. The summed E-state index contributed by atoms with van der Waals surface area (Å²) < 4.78 is 4.48. The van der Waals surface area contributed by atoms with Gasteiger partial charge in [0.15, 0.2) is 0 Å². The van der Waals surface area contributed by atoms with Crippen molar-refractivity contribution < 1.29 is 19.4 Å². The standard InChI is InChI=1S/C15H21NO4/c1-3-4-13(17)11-5-7-12(8-6-11)15(19)16-10-9-14(18)20-2/h5-8,13,17H,3-4,9-10H2,1-2H3,(H,16,19). The zero-order valence-electron chi connectivity index (χ0n) is 11.9. The van der Waals surface area contributed by atoms with Crippen molar-refractivity contribution in [3.05, 3.63) is 35.4 Å². The van der Waals surface area contributed by atoms with Crippen molar-refractivity contribution in [2.24, 2.45) is 0 Å². The third kappa shape index (κ3) is 5.01. The highest BCUT2D eigenvalue weighted by atomic mass is 16.5. The van der Waals surface area contributed by atoms with E-state index in [0.717, 1.165) is 12.0 Å². The van der Waals surface area contributed by atoms with Gasteiger partial charge in [-0.2, -0.15) is 0 Å². The smallest absolute Gasteiger partial charge is 0.307 e. The number of esters is 1. The molecule has 0 aliphatic rings. The van der Waals surface area contributed by atoms with Gasteiger partial charge in [-0.1, -0.05) is 25.5 Å². The normalized spacial score (nSPS) is 11.8. The van der Waals surface area contributed by atoms with Gasteiger partial charge in [-0.05, 0) is 24.1 Å². The number of methoxy groups -OCH3 is 1. The van der Waals surface area contributed by atoms with Crippen LogP contribution in [0.5, 0.6) is 0 Å². The molecule has 0 bridgehead atoms. The Kier molecular flexibility index (Phi) is 6.73. The van der Waals surface area contributed by atoms with Crippen LogP contribution >= 0.6 is 0 Å². The van der Waals surface area contributed by atoms with Gasteiger partial charge in [0, 0.05) is 12.1 Å². The van der Waals surface area contributed by atoms with E-state index in [1.165, 1.54) is 7.11 Å². The van der Waals surface area contributed by atoms with E-state index in [4.69, 9.17) is 0 Å². The number of rotatable bonds is 7. The molecule has 0 aromatic heterocycles. The van der Waals surface area contributed by atoms with Crippen LogP contribution in [0.4, 0.5) is 0 Å². The first-order valence-corrected chi connectivity index (χ1v) is 6.71. The number of benzene rings is 1. The Morgan fingerprint density at radius 3 is 2.50 bits per heavy atom. The third-order valence-electron chi connectivity index (χ3n) is 2.96. The summed E-state index contributed by atoms with van der Waals surface area (Å²) >= 11 is 0. The molecule has 20 heavy (non-hydrogen) atoms. The monoisotopic (exact) mass is 279 g/mol. The number of amides is 1. The van der Waals surface area contributed by atoms with Gasteiger partial charge in [0.1, 0.15) is 0 Å². The Morgan fingerprint density at radius 2 is 1.95 bits per heavy atom. The van der Waals surface area contributed by atoms with E-state index in [9.17, 15) is 14.7 Å². The summed E-state index contributed by atoms with van der Waals surface area (Å²) in [6.07, 6.45) is 1.26. The fourth-order valence-corrected chi connectivity index (χ4v) is 1.78. The Labute approximate surface area is 118 Å². The average Bonchev–Trinajstić information content (AvgIpc) is 2.47. The summed E-state index contributed by atoms with van der Waals surface area (Å²) in [6, 6.07) is 6.83. The highest BCUT2D eigenvalue weighted by Gasteiger charge is 2.09. The quantitative estimate of drug-likeness (QED) is 0.746. The van der Waals surface area contributed by atoms with Crippen molar-refractivity contribution in [3.63, 3.8) is 0 Å². The lowest BCUT2D eigenvalue weighted by Crippen LogP contribution is -2.26. The van der Waals surface area contributed by atoms with Crippen LogP contribution in [-0.2, 0) is 9.53 Å². The van der Waals surface area contributed by atoms with Gasteiger partial charge < -0.3 is 15.2 Å². The fourth-order valence-electron chi connectivity index (χ4n) is 1.78. The first-order valence-electron chi connectivity index (χ1n) is 6.71. The predicted molar refractivity (Wildman–Crippen MR) is 75.3 cm³/mol. The van der Waals surface area contributed by atoms with E-state index >= 15 is 0 Å². The maximum atomic E-state index is 11.8. The number of aliphatic hydroxyl groups excluding tert-OH is 1. The first-order chi connectivity index (χ1) is 9.58. The van der Waals surface area contributed by atoms with Crippen molar-refractivity contribution in [1.29, 1.82) is 0 Å². The lowest BCUT2D eigenvalue weighted by atomic mass is 10.0. The Morgan fingerprint density at radius 1 is 1.30 bits per heavy atom. The van der Waals surface area contributed by atoms with Crippen molar-refractivity contribution in [2.45, 2.75) is 32.3 Å². The molecular weight excluding hydrogens is 258 g/mol. The van der Waals surface area contributed by atoms with Crippen LogP contribution in [0.15, 0.2) is 24.3 Å². The molecule has 0 aliphatic heterocycles. The molecular formula is C15H21NO4. The van der Waals surface area contributed by atoms with Gasteiger partial charge in [-0.3, -0.25) is 9.59 Å². The number of aliphatic hydroxyl groups is 1. The summed E-state index contributed by atoms with van der Waals surface area (Å²) in [7, 11) is 1.31. The summed E-state index contributed by atoms with van der Waals surface area (Å²) in [5, 5.41) is 12.5. The second-order valence-corrected chi connectivity index (χ2v) is 4.51. The molecule has 0 aliphatic carbocycles. The highest BCUT2D eigenvalue weighted by Crippen LogP contribution is 2.18. The van der Waals surface area contributed by atoms with Crippen LogP contribution in [0, 0.1) is 0 Å². The number of carbonyl (C=O) groups excluding carboxylic acids is 2. The van der Waals surface area contributed by atoms with Crippen LogP contribution in [0.2, 0.25) is 0 Å². The minimum atomic E-state index is -0.489. The summed E-state index contributed by atoms with van der Waals surface area (Å²) in [5.74, 6) is -0.603. The van der Waals surface area contributed by atoms with Gasteiger partial charge in [0.25, 0.3) is 5.91 Å². The van der Waals surface area contributed by atoms with E-state index in [1.807, 2.05) is 6.92 Å². The molecule has 0 spiro atoms. The maximum Gasteiger partial charge on any atom is 0.307 e. The fraction of sp³-hybridized carbons (Fsp3) is 0.467. The molecule has 0 heterocycles. The minimum absolute atomic E-state index is 0.148. The largest absolute Gasteiger partial charge is 0.469 e. The lowest BCUT2D eigenvalue weighted by Gasteiger charge is -2.10. The van der Waals surface area contributed by atoms with Crippen molar-refractivity contribution in [1.82, 2.24) is 5.32 Å². The maximum absolute atomic E-state index is 11.8. The molecule has 1 aromatic rings. The van der Waals surface area contributed by atoms with Gasteiger partial charge in [0.2, 0.25) is 0 Å². The highest BCUT2D eigenvalue weighted by molar-refractivity contribution is 5.94. The topological polar surface area (TPSA) is 75.6 Å². The van der Waals surface area contributed by atoms with Gasteiger partial charge in [-0.25, -0.2) is 0 Å². The zero-order valence-corrected chi connectivity index (χ0v) is 11.9. The SMILES string of the molecule is CCCC(O)c1ccc(C(=O)NCCC(=O)OC)cc1. The Hall–Kier alpha value is -1.88. The molecule has 5 nitrogen and oxygen atoms in total. The molecule has 1 unspecified atom stereocenters. The van der Waals surface area contributed by atoms with Crippen molar-refractivity contribution >= 4 is 11.9 Å².